The van der Waals surface area contributed by atoms with Crippen LogP contribution in [0.15, 0.2) is 47.1 Å². The van der Waals surface area contributed by atoms with Crippen LogP contribution in [0.4, 0.5) is 0 Å². The molecule has 0 radical (unpaired) electrons. The van der Waals surface area contributed by atoms with Gasteiger partial charge in [-0.1, -0.05) is 48.8 Å². The van der Waals surface area contributed by atoms with Crippen LogP contribution in [0.5, 0.6) is 0 Å². The molecule has 0 spiro atoms. The van der Waals surface area contributed by atoms with E-state index in [1.54, 1.807) is 6.20 Å². The molecule has 1 N–H and O–H groups in total. The van der Waals surface area contributed by atoms with E-state index < -0.39 is 0 Å². The second-order valence-electron chi connectivity index (χ2n) is 4.11. The summed E-state index contributed by atoms with van der Waals surface area (Å²) in [5.74, 6) is 0.877. The Kier molecular flexibility index (Phi) is 4.33. The number of benzene rings is 1. The van der Waals surface area contributed by atoms with Crippen LogP contribution in [0.1, 0.15) is 37.1 Å². The molecule has 1 heterocycles. The molecule has 0 bridgehead atoms. The average Bonchev–Trinajstić information content (AvgIpc) is 2.88. The summed E-state index contributed by atoms with van der Waals surface area (Å²) in [6.45, 7) is 2.92. The van der Waals surface area contributed by atoms with Gasteiger partial charge in [-0.2, -0.15) is 0 Å². The van der Waals surface area contributed by atoms with Crippen LogP contribution >= 0.6 is 0 Å². The second kappa shape index (κ2) is 6.21. The molecule has 1 unspecified atom stereocenters. The third-order valence-corrected chi connectivity index (χ3v) is 2.79. The smallest absolute Gasteiger partial charge is 0.150 e. The molecule has 0 aliphatic rings. The van der Waals surface area contributed by atoms with Gasteiger partial charge in [-0.05, 0) is 12.0 Å². The largest absolute Gasteiger partial charge is 0.360 e. The third kappa shape index (κ3) is 3.43. The zero-order chi connectivity index (χ0) is 11.9. The van der Waals surface area contributed by atoms with Crippen molar-refractivity contribution in [2.75, 3.05) is 0 Å². The molecule has 0 aliphatic heterocycles. The summed E-state index contributed by atoms with van der Waals surface area (Å²) in [6.07, 6.45) is 3.95. The predicted octanol–water partition coefficient (Wildman–Crippen LogP) is 3.31. The molecule has 3 heteroatoms. The van der Waals surface area contributed by atoms with E-state index in [1.807, 2.05) is 12.1 Å². The van der Waals surface area contributed by atoms with Crippen molar-refractivity contribution in [1.29, 1.82) is 0 Å². The Morgan fingerprint density at radius 2 is 2.06 bits per heavy atom. The van der Waals surface area contributed by atoms with E-state index in [-0.39, 0.29) is 0 Å². The van der Waals surface area contributed by atoms with Gasteiger partial charge in [0.1, 0.15) is 5.76 Å². The molecule has 0 saturated carbocycles. The average molecular weight is 230 g/mol. The van der Waals surface area contributed by atoms with E-state index in [1.165, 1.54) is 5.56 Å². The molecule has 0 saturated heterocycles. The van der Waals surface area contributed by atoms with Gasteiger partial charge in [0.2, 0.25) is 0 Å². The van der Waals surface area contributed by atoms with Gasteiger partial charge < -0.3 is 9.84 Å². The molecule has 1 atom stereocenters. The molecule has 17 heavy (non-hydrogen) atoms. The van der Waals surface area contributed by atoms with Crippen molar-refractivity contribution in [2.45, 2.75) is 32.4 Å². The fraction of sp³-hybridized carbons (Fsp3) is 0.357. The molecule has 0 fully saturated rings. The van der Waals surface area contributed by atoms with Gasteiger partial charge in [-0.25, -0.2) is 0 Å². The summed E-state index contributed by atoms with van der Waals surface area (Å²) >= 11 is 0. The number of aromatic nitrogens is 1. The third-order valence-electron chi connectivity index (χ3n) is 2.79. The van der Waals surface area contributed by atoms with Crippen LogP contribution in [0, 0.1) is 0 Å². The van der Waals surface area contributed by atoms with Crippen LogP contribution in [-0.4, -0.2) is 5.16 Å². The zero-order valence-corrected chi connectivity index (χ0v) is 10.1. The lowest BCUT2D eigenvalue weighted by Crippen LogP contribution is -2.20. The highest BCUT2D eigenvalue weighted by Gasteiger charge is 2.10. The molecule has 2 aromatic rings. The molecule has 1 aromatic heterocycles. The lowest BCUT2D eigenvalue weighted by molar-refractivity contribution is 0.359. The van der Waals surface area contributed by atoms with E-state index in [0.717, 1.165) is 25.1 Å². The van der Waals surface area contributed by atoms with Gasteiger partial charge >= 0.3 is 0 Å². The minimum Gasteiger partial charge on any atom is -0.360 e. The minimum atomic E-state index is 0.381. The van der Waals surface area contributed by atoms with Crippen molar-refractivity contribution in [2.24, 2.45) is 0 Å². The number of nitrogens with one attached hydrogen (secondary N) is 1. The van der Waals surface area contributed by atoms with Gasteiger partial charge in [0.25, 0.3) is 0 Å². The van der Waals surface area contributed by atoms with Gasteiger partial charge in [0.05, 0.1) is 12.7 Å². The molecule has 1 aromatic carbocycles. The summed E-state index contributed by atoms with van der Waals surface area (Å²) in [5, 5.41) is 7.21. The van der Waals surface area contributed by atoms with Crippen molar-refractivity contribution < 1.29 is 4.52 Å². The fourth-order valence-corrected chi connectivity index (χ4v) is 1.92. The highest BCUT2D eigenvalue weighted by molar-refractivity contribution is 5.18. The van der Waals surface area contributed by atoms with Crippen molar-refractivity contribution in [3.05, 3.63) is 53.9 Å². The highest BCUT2D eigenvalue weighted by Crippen LogP contribution is 2.18. The van der Waals surface area contributed by atoms with E-state index in [0.29, 0.717) is 6.04 Å². The van der Waals surface area contributed by atoms with Gasteiger partial charge in [-0.3, -0.25) is 0 Å². The van der Waals surface area contributed by atoms with E-state index in [9.17, 15) is 0 Å². The Hall–Kier alpha value is -1.61. The zero-order valence-electron chi connectivity index (χ0n) is 10.1. The lowest BCUT2D eigenvalue weighted by atomic mass is 10.0. The minimum absolute atomic E-state index is 0.381. The number of rotatable bonds is 6. The number of hydrogen-bond acceptors (Lipinski definition) is 3. The maximum atomic E-state index is 5.09. The Balaban J connectivity index is 1.98. The second-order valence-corrected chi connectivity index (χ2v) is 4.11. The van der Waals surface area contributed by atoms with E-state index in [4.69, 9.17) is 4.52 Å². The van der Waals surface area contributed by atoms with Gasteiger partial charge in [0, 0.05) is 12.1 Å². The first-order chi connectivity index (χ1) is 8.40. The molecule has 90 valence electrons. The monoisotopic (exact) mass is 230 g/mol. The van der Waals surface area contributed by atoms with E-state index >= 15 is 0 Å². The van der Waals surface area contributed by atoms with Crippen LogP contribution in [-0.2, 0) is 6.54 Å². The number of nitrogens with zero attached hydrogens (tertiary/aromatic N) is 1. The molecule has 0 amide bonds. The molecule has 0 aliphatic carbocycles. The summed E-state index contributed by atoms with van der Waals surface area (Å²) < 4.78 is 5.09. The maximum Gasteiger partial charge on any atom is 0.150 e. The standard InChI is InChI=1S/C14H18N2O/c1-2-6-14(12-7-4-3-5-8-12)15-11-13-9-10-16-17-13/h3-5,7-10,14-15H,2,6,11H2,1H3. The van der Waals surface area contributed by atoms with Gasteiger partial charge in [0.15, 0.2) is 0 Å². The Labute approximate surface area is 102 Å². The molecule has 3 nitrogen and oxygen atoms in total. The highest BCUT2D eigenvalue weighted by atomic mass is 16.5. The molecular formula is C14H18N2O. The predicted molar refractivity (Wildman–Crippen MR) is 67.4 cm³/mol. The first-order valence-corrected chi connectivity index (χ1v) is 6.08. The first kappa shape index (κ1) is 11.9. The molecule has 2 rings (SSSR count). The first-order valence-electron chi connectivity index (χ1n) is 6.08. The lowest BCUT2D eigenvalue weighted by Gasteiger charge is -2.17. The van der Waals surface area contributed by atoms with Crippen molar-refractivity contribution in [3.63, 3.8) is 0 Å². The van der Waals surface area contributed by atoms with Crippen LogP contribution < -0.4 is 5.32 Å². The Morgan fingerprint density at radius 3 is 2.71 bits per heavy atom. The summed E-state index contributed by atoms with van der Waals surface area (Å²) in [7, 11) is 0. The number of hydrogen-bond donors (Lipinski definition) is 1. The Morgan fingerprint density at radius 1 is 1.24 bits per heavy atom. The quantitative estimate of drug-likeness (QED) is 0.827. The summed E-state index contributed by atoms with van der Waals surface area (Å²) in [6, 6.07) is 12.8. The normalized spacial score (nSPS) is 12.5. The van der Waals surface area contributed by atoms with Crippen LogP contribution in [0.2, 0.25) is 0 Å². The van der Waals surface area contributed by atoms with Crippen LogP contribution in [0.3, 0.4) is 0 Å². The van der Waals surface area contributed by atoms with Crippen LogP contribution in [0.25, 0.3) is 0 Å². The maximum absolute atomic E-state index is 5.09. The SMILES string of the molecule is CCCC(NCc1ccno1)c1ccccc1. The molecular weight excluding hydrogens is 212 g/mol. The summed E-state index contributed by atoms with van der Waals surface area (Å²) in [5.41, 5.74) is 1.33. The Bertz CT molecular complexity index is 411. The fourth-order valence-electron chi connectivity index (χ4n) is 1.92. The van der Waals surface area contributed by atoms with Gasteiger partial charge in [-0.15, -0.1) is 0 Å². The summed E-state index contributed by atoms with van der Waals surface area (Å²) in [4.78, 5) is 0. The van der Waals surface area contributed by atoms with Crippen molar-refractivity contribution in [1.82, 2.24) is 10.5 Å². The van der Waals surface area contributed by atoms with Crippen molar-refractivity contribution in [3.8, 4) is 0 Å². The topological polar surface area (TPSA) is 38.1 Å². The van der Waals surface area contributed by atoms with Crippen molar-refractivity contribution >= 4 is 0 Å². The van der Waals surface area contributed by atoms with E-state index in [2.05, 4.69) is 41.7 Å².